The number of hydrogen-bond donors (Lipinski definition) is 1. The molecule has 0 fully saturated rings. The summed E-state index contributed by atoms with van der Waals surface area (Å²) in [5.74, 6) is 0. The zero-order valence-corrected chi connectivity index (χ0v) is 16.2. The van der Waals surface area contributed by atoms with Gasteiger partial charge >= 0.3 is 0 Å². The van der Waals surface area contributed by atoms with E-state index in [4.69, 9.17) is 0 Å². The Morgan fingerprint density at radius 3 is 2.81 bits per heavy atom. The van der Waals surface area contributed by atoms with Crippen LogP contribution in [0.4, 0.5) is 16.5 Å². The third kappa shape index (κ3) is 3.32. The number of rotatable bonds is 4. The van der Waals surface area contributed by atoms with Crippen molar-refractivity contribution in [1.82, 2.24) is 4.98 Å². The van der Waals surface area contributed by atoms with E-state index in [1.165, 1.54) is 16.1 Å². The molecule has 0 unspecified atom stereocenters. The molecule has 2 heterocycles. The molecule has 1 N–H and O–H groups in total. The van der Waals surface area contributed by atoms with Gasteiger partial charge in [0.05, 0.1) is 17.6 Å². The van der Waals surface area contributed by atoms with Gasteiger partial charge in [0, 0.05) is 23.2 Å². The molecule has 0 atom stereocenters. The molecule has 0 amide bonds. The van der Waals surface area contributed by atoms with Gasteiger partial charge in [-0.2, -0.15) is 0 Å². The van der Waals surface area contributed by atoms with Crippen molar-refractivity contribution in [3.8, 4) is 11.3 Å². The summed E-state index contributed by atoms with van der Waals surface area (Å²) in [5.41, 5.74) is 5.95. The van der Waals surface area contributed by atoms with Gasteiger partial charge in [-0.25, -0.2) is 13.4 Å². The van der Waals surface area contributed by atoms with Gasteiger partial charge in [0.1, 0.15) is 0 Å². The lowest BCUT2D eigenvalue weighted by Gasteiger charge is -2.16. The highest BCUT2D eigenvalue weighted by Gasteiger charge is 2.26. The molecule has 3 aromatic rings. The fourth-order valence-electron chi connectivity index (χ4n) is 3.19. The highest BCUT2D eigenvalue weighted by molar-refractivity contribution is 7.92. The summed E-state index contributed by atoms with van der Waals surface area (Å²) in [6, 6.07) is 14.0. The van der Waals surface area contributed by atoms with Gasteiger partial charge in [0.2, 0.25) is 10.0 Å². The first-order chi connectivity index (χ1) is 12.4. The van der Waals surface area contributed by atoms with Crippen molar-refractivity contribution >= 4 is 37.9 Å². The average molecular weight is 386 g/mol. The highest BCUT2D eigenvalue weighted by atomic mass is 32.2. The van der Waals surface area contributed by atoms with Crippen molar-refractivity contribution in [3.63, 3.8) is 0 Å². The Balaban J connectivity index is 1.59. The maximum atomic E-state index is 11.9. The van der Waals surface area contributed by atoms with Crippen LogP contribution in [-0.2, 0) is 16.4 Å². The van der Waals surface area contributed by atoms with Crippen LogP contribution >= 0.6 is 11.3 Å². The van der Waals surface area contributed by atoms with Gasteiger partial charge in [0.15, 0.2) is 5.13 Å². The second kappa shape index (κ2) is 6.41. The first-order valence-electron chi connectivity index (χ1n) is 8.30. The van der Waals surface area contributed by atoms with Crippen molar-refractivity contribution < 1.29 is 8.42 Å². The first-order valence-corrected chi connectivity index (χ1v) is 11.0. The van der Waals surface area contributed by atoms with Crippen LogP contribution in [-0.4, -0.2) is 26.2 Å². The maximum absolute atomic E-state index is 11.9. The van der Waals surface area contributed by atoms with Crippen molar-refractivity contribution in [2.75, 3.05) is 22.4 Å². The van der Waals surface area contributed by atoms with E-state index in [0.29, 0.717) is 6.54 Å². The molecule has 0 saturated heterocycles. The molecular formula is C19H19N3O2S2. The van der Waals surface area contributed by atoms with Crippen molar-refractivity contribution in [3.05, 3.63) is 59.0 Å². The standard InChI is InChI=1S/C19H19N3O2S2/c1-13-4-3-5-16(10-13)20-19-21-17(12-25-19)14-6-7-18-15(11-14)8-9-22(18)26(2,23)24/h3-7,10-12H,8-9H2,1-2H3,(H,20,21). The molecule has 7 heteroatoms. The van der Waals surface area contributed by atoms with E-state index in [-0.39, 0.29) is 0 Å². The zero-order valence-electron chi connectivity index (χ0n) is 14.6. The molecular weight excluding hydrogens is 366 g/mol. The molecule has 4 rings (SSSR count). The molecule has 1 aliphatic heterocycles. The van der Waals surface area contributed by atoms with Gasteiger partial charge in [0.25, 0.3) is 0 Å². The summed E-state index contributed by atoms with van der Waals surface area (Å²) in [6.07, 6.45) is 1.98. The van der Waals surface area contributed by atoms with E-state index in [9.17, 15) is 8.42 Å². The summed E-state index contributed by atoms with van der Waals surface area (Å²) >= 11 is 1.55. The lowest BCUT2D eigenvalue weighted by molar-refractivity contribution is 0.598. The zero-order chi connectivity index (χ0) is 18.3. The topological polar surface area (TPSA) is 62.3 Å². The van der Waals surface area contributed by atoms with Gasteiger partial charge in [-0.1, -0.05) is 18.2 Å². The van der Waals surface area contributed by atoms with Crippen molar-refractivity contribution in [2.45, 2.75) is 13.3 Å². The number of anilines is 3. The Labute approximate surface area is 157 Å². The van der Waals surface area contributed by atoms with E-state index >= 15 is 0 Å². The second-order valence-corrected chi connectivity index (χ2v) is 9.23. The normalized spacial score (nSPS) is 13.7. The maximum Gasteiger partial charge on any atom is 0.232 e. The quantitative estimate of drug-likeness (QED) is 0.732. The Hall–Kier alpha value is -2.38. The van der Waals surface area contributed by atoms with Crippen molar-refractivity contribution in [1.29, 1.82) is 0 Å². The predicted molar refractivity (Wildman–Crippen MR) is 108 cm³/mol. The molecule has 134 valence electrons. The molecule has 1 aromatic heterocycles. The molecule has 0 spiro atoms. The number of nitrogens with zero attached hydrogens (tertiary/aromatic N) is 2. The van der Waals surface area contributed by atoms with Crippen LogP contribution in [0.25, 0.3) is 11.3 Å². The third-order valence-electron chi connectivity index (χ3n) is 4.40. The number of benzene rings is 2. The average Bonchev–Trinajstić information content (AvgIpc) is 3.20. The minimum atomic E-state index is -3.22. The number of fused-ring (bicyclic) bond motifs is 1. The molecule has 2 aromatic carbocycles. The monoisotopic (exact) mass is 385 g/mol. The van der Waals surface area contributed by atoms with E-state index < -0.39 is 10.0 Å². The molecule has 0 aliphatic carbocycles. The number of nitrogens with one attached hydrogen (secondary N) is 1. The fourth-order valence-corrected chi connectivity index (χ4v) is 4.88. The summed E-state index contributed by atoms with van der Waals surface area (Å²) in [7, 11) is -3.22. The van der Waals surface area contributed by atoms with E-state index in [0.717, 1.165) is 39.7 Å². The van der Waals surface area contributed by atoms with Crippen LogP contribution < -0.4 is 9.62 Å². The van der Waals surface area contributed by atoms with Gasteiger partial charge in [-0.3, -0.25) is 4.31 Å². The Bertz CT molecular complexity index is 1070. The Morgan fingerprint density at radius 1 is 1.19 bits per heavy atom. The number of sulfonamides is 1. The van der Waals surface area contributed by atoms with Gasteiger partial charge in [-0.05, 0) is 48.7 Å². The molecule has 5 nitrogen and oxygen atoms in total. The molecule has 0 bridgehead atoms. The largest absolute Gasteiger partial charge is 0.332 e. The molecule has 0 saturated carbocycles. The minimum Gasteiger partial charge on any atom is -0.332 e. The van der Waals surface area contributed by atoms with Crippen LogP contribution in [0.5, 0.6) is 0 Å². The van der Waals surface area contributed by atoms with E-state index in [2.05, 4.69) is 29.4 Å². The smallest absolute Gasteiger partial charge is 0.232 e. The number of aromatic nitrogens is 1. The lowest BCUT2D eigenvalue weighted by Crippen LogP contribution is -2.27. The molecule has 0 radical (unpaired) electrons. The molecule has 1 aliphatic rings. The van der Waals surface area contributed by atoms with E-state index in [1.807, 2.05) is 35.7 Å². The Morgan fingerprint density at radius 2 is 2.04 bits per heavy atom. The fraction of sp³-hybridized carbons (Fsp3) is 0.211. The predicted octanol–water partition coefficient (Wildman–Crippen LogP) is 4.18. The highest BCUT2D eigenvalue weighted by Crippen LogP contribution is 2.35. The SMILES string of the molecule is Cc1cccc(Nc2nc(-c3ccc4c(c3)CCN4S(C)(=O)=O)cs2)c1. The first kappa shape index (κ1) is 17.1. The number of hydrogen-bond acceptors (Lipinski definition) is 5. The van der Waals surface area contributed by atoms with Crippen LogP contribution in [0.1, 0.15) is 11.1 Å². The van der Waals surface area contributed by atoms with E-state index in [1.54, 1.807) is 11.3 Å². The van der Waals surface area contributed by atoms with Crippen molar-refractivity contribution in [2.24, 2.45) is 0 Å². The minimum absolute atomic E-state index is 0.509. The van der Waals surface area contributed by atoms with Crippen LogP contribution in [0.15, 0.2) is 47.8 Å². The summed E-state index contributed by atoms with van der Waals surface area (Å²) in [5, 5.41) is 6.19. The van der Waals surface area contributed by atoms with Gasteiger partial charge < -0.3 is 5.32 Å². The van der Waals surface area contributed by atoms with Crippen LogP contribution in [0.2, 0.25) is 0 Å². The summed E-state index contributed by atoms with van der Waals surface area (Å²) in [4.78, 5) is 4.67. The summed E-state index contributed by atoms with van der Waals surface area (Å²) < 4.78 is 25.2. The molecule has 26 heavy (non-hydrogen) atoms. The number of aryl methyl sites for hydroxylation is 1. The van der Waals surface area contributed by atoms with Gasteiger partial charge in [-0.15, -0.1) is 11.3 Å². The third-order valence-corrected chi connectivity index (χ3v) is 6.34. The Kier molecular flexibility index (Phi) is 4.20. The van der Waals surface area contributed by atoms with Crippen LogP contribution in [0.3, 0.4) is 0 Å². The lowest BCUT2D eigenvalue weighted by atomic mass is 10.1. The number of thiazole rings is 1. The second-order valence-electron chi connectivity index (χ2n) is 6.46. The summed E-state index contributed by atoms with van der Waals surface area (Å²) in [6.45, 7) is 2.57. The van der Waals surface area contributed by atoms with Crippen LogP contribution in [0, 0.1) is 6.92 Å².